The Bertz CT molecular complexity index is 1000. The largest absolute Gasteiger partial charge is 0.454 e. The Labute approximate surface area is 157 Å². The number of nitrogens with zero attached hydrogens (tertiary/aromatic N) is 2. The van der Waals surface area contributed by atoms with Crippen molar-refractivity contribution in [3.63, 3.8) is 0 Å². The van der Waals surface area contributed by atoms with Crippen LogP contribution < -0.4 is 4.31 Å². The van der Waals surface area contributed by atoms with E-state index in [0.29, 0.717) is 29.1 Å². The summed E-state index contributed by atoms with van der Waals surface area (Å²) in [7, 11) is -3.39. The lowest BCUT2D eigenvalue weighted by atomic mass is 10.0. The number of rotatable bonds is 5. The first-order valence-corrected chi connectivity index (χ1v) is 10.2. The number of hydrogen-bond donors (Lipinski definition) is 0. The van der Waals surface area contributed by atoms with Gasteiger partial charge in [0.15, 0.2) is 12.4 Å². The quantitative estimate of drug-likeness (QED) is 0.566. The van der Waals surface area contributed by atoms with Gasteiger partial charge in [-0.2, -0.15) is 0 Å². The predicted octanol–water partition coefficient (Wildman–Crippen LogP) is 2.04. The van der Waals surface area contributed by atoms with Gasteiger partial charge in [-0.1, -0.05) is 5.16 Å². The van der Waals surface area contributed by atoms with E-state index in [1.165, 1.54) is 4.31 Å². The van der Waals surface area contributed by atoms with E-state index in [9.17, 15) is 18.0 Å². The van der Waals surface area contributed by atoms with Gasteiger partial charge in [-0.15, -0.1) is 0 Å². The zero-order valence-electron chi connectivity index (χ0n) is 15.5. The molecule has 8 nitrogen and oxygen atoms in total. The van der Waals surface area contributed by atoms with Crippen molar-refractivity contribution in [2.45, 2.75) is 33.2 Å². The molecule has 0 radical (unpaired) electrons. The van der Waals surface area contributed by atoms with Crippen LogP contribution >= 0.6 is 0 Å². The first-order chi connectivity index (χ1) is 12.6. The van der Waals surface area contributed by atoms with E-state index >= 15 is 0 Å². The number of aromatic nitrogens is 1. The van der Waals surface area contributed by atoms with Gasteiger partial charge >= 0.3 is 5.97 Å². The number of fused-ring (bicyclic) bond motifs is 1. The van der Waals surface area contributed by atoms with Crippen LogP contribution in [0.5, 0.6) is 0 Å². The molecule has 0 aliphatic carbocycles. The Balaban J connectivity index is 1.74. The zero-order valence-corrected chi connectivity index (χ0v) is 16.3. The number of esters is 1. The molecule has 0 saturated heterocycles. The minimum Gasteiger partial charge on any atom is -0.454 e. The maximum absolute atomic E-state index is 12.4. The number of aryl methyl sites for hydroxylation is 2. The summed E-state index contributed by atoms with van der Waals surface area (Å²) in [4.78, 5) is 24.5. The van der Waals surface area contributed by atoms with Crippen LogP contribution in [-0.4, -0.2) is 44.2 Å². The predicted molar refractivity (Wildman–Crippen MR) is 97.5 cm³/mol. The molecule has 0 amide bonds. The number of ether oxygens (including phenoxy) is 1. The van der Waals surface area contributed by atoms with Crippen molar-refractivity contribution in [3.05, 3.63) is 46.3 Å². The molecule has 27 heavy (non-hydrogen) atoms. The highest BCUT2D eigenvalue weighted by atomic mass is 32.2. The highest BCUT2D eigenvalue weighted by Gasteiger charge is 2.32. The molecule has 144 valence electrons. The summed E-state index contributed by atoms with van der Waals surface area (Å²) in [6, 6.07) is 4.60. The van der Waals surface area contributed by atoms with Crippen molar-refractivity contribution in [1.82, 2.24) is 5.16 Å². The zero-order chi connectivity index (χ0) is 19.9. The number of ketones is 1. The van der Waals surface area contributed by atoms with Gasteiger partial charge in [0.1, 0.15) is 11.3 Å². The maximum atomic E-state index is 12.4. The summed E-state index contributed by atoms with van der Waals surface area (Å²) in [5.41, 5.74) is 2.33. The SMILES string of the molecule is Cc1noc(C)c1C(=O)OCC(=O)c1ccc2c(c1)C[C@@H](C)N2S(C)(=O)=O. The third-order valence-electron chi connectivity index (χ3n) is 4.48. The highest BCUT2D eigenvalue weighted by molar-refractivity contribution is 7.92. The van der Waals surface area contributed by atoms with Crippen molar-refractivity contribution < 1.29 is 27.3 Å². The fourth-order valence-electron chi connectivity index (χ4n) is 3.34. The van der Waals surface area contributed by atoms with E-state index in [1.807, 2.05) is 6.92 Å². The molecular weight excluding hydrogens is 372 g/mol. The fraction of sp³-hybridized carbons (Fsp3) is 0.389. The van der Waals surface area contributed by atoms with Crippen LogP contribution in [-0.2, 0) is 21.2 Å². The van der Waals surface area contributed by atoms with Crippen LogP contribution in [0.25, 0.3) is 0 Å². The van der Waals surface area contributed by atoms with Gasteiger partial charge in [-0.25, -0.2) is 13.2 Å². The van der Waals surface area contributed by atoms with Crippen LogP contribution in [0, 0.1) is 13.8 Å². The van der Waals surface area contributed by atoms with Gasteiger partial charge in [-0.3, -0.25) is 9.10 Å². The minimum atomic E-state index is -3.39. The number of hydrogen-bond acceptors (Lipinski definition) is 7. The maximum Gasteiger partial charge on any atom is 0.344 e. The summed E-state index contributed by atoms with van der Waals surface area (Å²) in [6.07, 6.45) is 1.67. The molecule has 0 spiro atoms. The second-order valence-corrected chi connectivity index (χ2v) is 8.51. The van der Waals surface area contributed by atoms with Crippen molar-refractivity contribution in [2.75, 3.05) is 17.2 Å². The first kappa shape index (κ1) is 19.1. The van der Waals surface area contributed by atoms with Gasteiger partial charge < -0.3 is 9.26 Å². The van der Waals surface area contributed by atoms with Crippen LogP contribution in [0.15, 0.2) is 22.7 Å². The van der Waals surface area contributed by atoms with Gasteiger partial charge in [0.25, 0.3) is 0 Å². The molecular formula is C18H20N2O6S. The second-order valence-electron chi connectivity index (χ2n) is 6.65. The number of carbonyl (C=O) groups excluding carboxylic acids is 2. The summed E-state index contributed by atoms with van der Waals surface area (Å²) < 4.78 is 35.3. The van der Waals surface area contributed by atoms with Crippen molar-refractivity contribution in [3.8, 4) is 0 Å². The Kier molecular flexibility index (Phi) is 4.81. The molecule has 0 bridgehead atoms. The van der Waals surface area contributed by atoms with E-state index in [2.05, 4.69) is 5.16 Å². The third kappa shape index (κ3) is 3.59. The summed E-state index contributed by atoms with van der Waals surface area (Å²) in [6.45, 7) is 4.60. The minimum absolute atomic E-state index is 0.210. The number of sulfonamides is 1. The Hall–Kier alpha value is -2.68. The Morgan fingerprint density at radius 1 is 1.33 bits per heavy atom. The molecule has 1 aliphatic rings. The van der Waals surface area contributed by atoms with E-state index in [4.69, 9.17) is 9.26 Å². The van der Waals surface area contributed by atoms with E-state index in [-0.39, 0.29) is 17.4 Å². The van der Waals surface area contributed by atoms with E-state index < -0.39 is 22.6 Å². The lowest BCUT2D eigenvalue weighted by Crippen LogP contribution is -2.34. The molecule has 9 heteroatoms. The normalized spacial score (nSPS) is 16.3. The van der Waals surface area contributed by atoms with Crippen molar-refractivity contribution in [1.29, 1.82) is 0 Å². The fourth-order valence-corrected chi connectivity index (χ4v) is 4.61. The lowest BCUT2D eigenvalue weighted by molar-refractivity contribution is 0.0472. The van der Waals surface area contributed by atoms with E-state index in [0.717, 1.165) is 11.8 Å². The molecule has 1 aromatic heterocycles. The molecule has 1 atom stereocenters. The topological polar surface area (TPSA) is 107 Å². The standard InChI is InChI=1S/C18H20N2O6S/c1-10-7-14-8-13(5-6-15(14)20(10)27(4,23)24)16(21)9-25-18(22)17-11(2)19-26-12(17)3/h5-6,8,10H,7,9H2,1-4H3/t10-/m1/s1. The monoisotopic (exact) mass is 392 g/mol. The van der Waals surface area contributed by atoms with Gasteiger partial charge in [-0.05, 0) is 51.0 Å². The number of Topliss-reactive ketones (excluding diaryl/α,β-unsaturated/α-hetero) is 1. The summed E-state index contributed by atoms with van der Waals surface area (Å²) in [5, 5.41) is 3.68. The van der Waals surface area contributed by atoms with E-state index in [1.54, 1.807) is 32.0 Å². The Morgan fingerprint density at radius 3 is 2.63 bits per heavy atom. The van der Waals surface area contributed by atoms with Crippen LogP contribution in [0.3, 0.4) is 0 Å². The molecule has 0 N–H and O–H groups in total. The average molecular weight is 392 g/mol. The van der Waals surface area contributed by atoms with Gasteiger partial charge in [0.05, 0.1) is 17.6 Å². The number of carbonyl (C=O) groups is 2. The number of benzene rings is 1. The highest BCUT2D eigenvalue weighted by Crippen LogP contribution is 2.34. The molecule has 0 unspecified atom stereocenters. The first-order valence-electron chi connectivity index (χ1n) is 8.35. The van der Waals surface area contributed by atoms with Gasteiger partial charge in [0.2, 0.25) is 10.0 Å². The smallest absolute Gasteiger partial charge is 0.344 e. The lowest BCUT2D eigenvalue weighted by Gasteiger charge is -2.21. The molecule has 1 aliphatic heterocycles. The number of anilines is 1. The molecule has 1 aromatic carbocycles. The van der Waals surface area contributed by atoms with Crippen molar-refractivity contribution >= 4 is 27.5 Å². The van der Waals surface area contributed by atoms with Crippen molar-refractivity contribution in [2.24, 2.45) is 0 Å². The molecule has 2 heterocycles. The summed E-state index contributed by atoms with van der Waals surface area (Å²) in [5.74, 6) is -0.710. The summed E-state index contributed by atoms with van der Waals surface area (Å²) >= 11 is 0. The molecule has 2 aromatic rings. The average Bonchev–Trinajstić information content (AvgIpc) is 3.09. The molecule has 3 rings (SSSR count). The third-order valence-corrected chi connectivity index (χ3v) is 5.75. The Morgan fingerprint density at radius 2 is 2.04 bits per heavy atom. The van der Waals surface area contributed by atoms with Crippen LogP contribution in [0.1, 0.15) is 44.7 Å². The van der Waals surface area contributed by atoms with Crippen LogP contribution in [0.2, 0.25) is 0 Å². The molecule has 0 fully saturated rings. The van der Waals surface area contributed by atoms with Gasteiger partial charge in [0, 0.05) is 11.6 Å². The molecule has 0 saturated carbocycles. The second kappa shape index (κ2) is 6.80. The van der Waals surface area contributed by atoms with Crippen LogP contribution in [0.4, 0.5) is 5.69 Å².